The Balaban J connectivity index is 2.28. The fourth-order valence-corrected chi connectivity index (χ4v) is 2.84. The highest BCUT2D eigenvalue weighted by molar-refractivity contribution is 6.66. The first-order valence-corrected chi connectivity index (χ1v) is 11.0. The molecule has 0 aliphatic heterocycles. The Hall–Kier alpha value is -5.96. The van der Waals surface area contributed by atoms with Crippen molar-refractivity contribution in [2.24, 2.45) is 9.98 Å². The molecule has 0 aliphatic carbocycles. The molecule has 0 bridgehead atoms. The van der Waals surface area contributed by atoms with Crippen molar-refractivity contribution < 1.29 is 39.2 Å². The number of carbonyl (C=O) groups excluding carboxylic acids is 6. The SMILES string of the molecule is CNC(=O)C(=NC(=C=O)c1ccc(C#Cc2ccc(C(=C=O)N=C(C(=O)NC)C(=O)NO)cc2)cc1)C(=O)NO. The van der Waals surface area contributed by atoms with E-state index in [9.17, 15) is 28.8 Å². The number of hydrogen-bond acceptors (Lipinski definition) is 10. The van der Waals surface area contributed by atoms with Gasteiger partial charge in [0.15, 0.2) is 34.7 Å². The van der Waals surface area contributed by atoms with E-state index in [1.165, 1.54) is 49.3 Å². The molecule has 2 aromatic rings. The minimum atomic E-state index is -1.22. The number of hydroxylamine groups is 2. The molecule has 0 spiro atoms. The molecule has 6 N–H and O–H groups in total. The number of carbonyl (C=O) groups is 4. The van der Waals surface area contributed by atoms with Crippen LogP contribution in [0, 0.1) is 11.8 Å². The first-order valence-electron chi connectivity index (χ1n) is 11.0. The molecule has 0 saturated heterocycles. The third-order valence-electron chi connectivity index (χ3n) is 4.83. The summed E-state index contributed by atoms with van der Waals surface area (Å²) in [6, 6.07) is 12.0. The van der Waals surface area contributed by atoms with Gasteiger partial charge in [-0.05, 0) is 24.3 Å². The van der Waals surface area contributed by atoms with E-state index in [0.717, 1.165) is 0 Å². The lowest BCUT2D eigenvalue weighted by Crippen LogP contribution is -2.39. The summed E-state index contributed by atoms with van der Waals surface area (Å²) in [5.41, 5.74) is 1.79. The van der Waals surface area contributed by atoms with Crippen molar-refractivity contribution in [1.29, 1.82) is 0 Å². The van der Waals surface area contributed by atoms with Gasteiger partial charge in [0.05, 0.1) is 0 Å². The second kappa shape index (κ2) is 14.7. The van der Waals surface area contributed by atoms with E-state index < -0.39 is 35.1 Å². The second-order valence-electron chi connectivity index (χ2n) is 7.27. The third-order valence-corrected chi connectivity index (χ3v) is 4.83. The van der Waals surface area contributed by atoms with Crippen molar-refractivity contribution in [3.63, 3.8) is 0 Å². The number of nitrogens with zero attached hydrogens (tertiary/aromatic N) is 2. The molecular formula is C26H20N6O8. The highest BCUT2D eigenvalue weighted by Crippen LogP contribution is 2.16. The lowest BCUT2D eigenvalue weighted by Gasteiger charge is -2.04. The van der Waals surface area contributed by atoms with Crippen LogP contribution < -0.4 is 21.6 Å². The standard InChI is InChI=1S/C26H20N6O8/c1-27-23(35)21(25(37)31-39)29-19(13-33)17-9-5-15(6-10-17)3-4-16-7-11-18(12-8-16)20(14-34)30-22(24(36)28-2)26(38)32-40/h5-12,39-40H,1-2H3,(H,27,35)(H,28,36)(H,31,37)(H,32,38). The molecule has 0 aromatic heterocycles. The van der Waals surface area contributed by atoms with E-state index in [4.69, 9.17) is 10.4 Å². The molecule has 0 heterocycles. The van der Waals surface area contributed by atoms with Gasteiger partial charge in [-0.2, -0.15) is 0 Å². The van der Waals surface area contributed by atoms with Crippen molar-refractivity contribution in [2.75, 3.05) is 14.1 Å². The summed E-state index contributed by atoms with van der Waals surface area (Å²) in [7, 11) is 2.48. The molecule has 14 nitrogen and oxygen atoms in total. The summed E-state index contributed by atoms with van der Waals surface area (Å²) in [5, 5.41) is 21.9. The maximum absolute atomic E-state index is 11.8. The van der Waals surface area contributed by atoms with E-state index in [1.807, 2.05) is 0 Å². The normalized spacial score (nSPS) is 10.5. The molecule has 0 unspecified atom stereocenters. The zero-order chi connectivity index (χ0) is 29.7. The summed E-state index contributed by atoms with van der Waals surface area (Å²) >= 11 is 0. The van der Waals surface area contributed by atoms with Gasteiger partial charge < -0.3 is 10.6 Å². The van der Waals surface area contributed by atoms with Gasteiger partial charge in [0.25, 0.3) is 23.6 Å². The van der Waals surface area contributed by atoms with E-state index in [2.05, 4.69) is 32.5 Å². The molecule has 2 aromatic carbocycles. The van der Waals surface area contributed by atoms with Crippen LogP contribution in [0.5, 0.6) is 0 Å². The van der Waals surface area contributed by atoms with Crippen molar-refractivity contribution in [2.45, 2.75) is 0 Å². The number of nitrogens with one attached hydrogen (secondary N) is 4. The Morgan fingerprint density at radius 1 is 0.600 bits per heavy atom. The summed E-state index contributed by atoms with van der Waals surface area (Å²) in [5.74, 6) is 4.54. The van der Waals surface area contributed by atoms with Crippen LogP contribution >= 0.6 is 0 Å². The monoisotopic (exact) mass is 544 g/mol. The van der Waals surface area contributed by atoms with Crippen LogP contribution in [0.1, 0.15) is 22.3 Å². The largest absolute Gasteiger partial charge is 0.354 e. The lowest BCUT2D eigenvalue weighted by atomic mass is 10.1. The predicted octanol–water partition coefficient (Wildman–Crippen LogP) is -1.18. The van der Waals surface area contributed by atoms with Crippen LogP contribution in [0.15, 0.2) is 58.5 Å². The van der Waals surface area contributed by atoms with Crippen molar-refractivity contribution >= 4 is 58.3 Å². The molecular weight excluding hydrogens is 524 g/mol. The minimum Gasteiger partial charge on any atom is -0.354 e. The van der Waals surface area contributed by atoms with Gasteiger partial charge in [0.2, 0.25) is 0 Å². The van der Waals surface area contributed by atoms with E-state index >= 15 is 0 Å². The summed E-state index contributed by atoms with van der Waals surface area (Å²) < 4.78 is 0. The predicted molar refractivity (Wildman–Crippen MR) is 140 cm³/mol. The number of rotatable bonds is 8. The smallest absolute Gasteiger partial charge is 0.299 e. The Labute approximate surface area is 226 Å². The van der Waals surface area contributed by atoms with Crippen LogP contribution in [0.25, 0.3) is 11.4 Å². The van der Waals surface area contributed by atoms with E-state index in [1.54, 1.807) is 36.1 Å². The Kier molecular flexibility index (Phi) is 11.1. The van der Waals surface area contributed by atoms with Gasteiger partial charge in [-0.25, -0.2) is 30.5 Å². The Morgan fingerprint density at radius 3 is 1.18 bits per heavy atom. The second-order valence-corrected chi connectivity index (χ2v) is 7.27. The van der Waals surface area contributed by atoms with Gasteiger partial charge in [-0.1, -0.05) is 36.1 Å². The average Bonchev–Trinajstić information content (AvgIpc) is 3.00. The molecule has 0 fully saturated rings. The van der Waals surface area contributed by atoms with Crippen molar-refractivity contribution in [3.05, 3.63) is 70.8 Å². The molecule has 0 radical (unpaired) electrons. The lowest BCUT2D eigenvalue weighted by molar-refractivity contribution is -0.125. The highest BCUT2D eigenvalue weighted by Gasteiger charge is 2.21. The molecule has 40 heavy (non-hydrogen) atoms. The summed E-state index contributed by atoms with van der Waals surface area (Å²) in [4.78, 5) is 77.2. The van der Waals surface area contributed by atoms with Crippen LogP contribution in [0.3, 0.4) is 0 Å². The topological polar surface area (TPSA) is 216 Å². The zero-order valence-electron chi connectivity index (χ0n) is 20.9. The number of benzene rings is 2. The van der Waals surface area contributed by atoms with Crippen molar-refractivity contribution in [3.8, 4) is 11.8 Å². The molecule has 0 aliphatic rings. The number of amides is 4. The summed E-state index contributed by atoms with van der Waals surface area (Å²) in [6.07, 6.45) is 0. The maximum atomic E-state index is 11.8. The molecule has 4 amide bonds. The number of hydrogen-bond donors (Lipinski definition) is 6. The van der Waals surface area contributed by atoms with E-state index in [-0.39, 0.29) is 22.5 Å². The molecule has 2 rings (SSSR count). The first-order chi connectivity index (χ1) is 19.2. The molecule has 202 valence electrons. The minimum absolute atomic E-state index is 0.219. The van der Waals surface area contributed by atoms with Gasteiger partial charge in [-0.15, -0.1) is 0 Å². The fraction of sp³-hybridized carbons (Fsp3) is 0.0769. The first kappa shape index (κ1) is 30.3. The quantitative estimate of drug-likeness (QED) is 0.0592. The van der Waals surface area contributed by atoms with Crippen LogP contribution in [-0.4, -0.2) is 71.4 Å². The fourth-order valence-electron chi connectivity index (χ4n) is 2.84. The maximum Gasteiger partial charge on any atom is 0.299 e. The Bertz CT molecular complexity index is 1400. The Morgan fingerprint density at radius 2 is 0.925 bits per heavy atom. The van der Waals surface area contributed by atoms with Crippen LogP contribution in [-0.2, 0) is 28.8 Å². The summed E-state index contributed by atoms with van der Waals surface area (Å²) in [6.45, 7) is 0. The van der Waals surface area contributed by atoms with Gasteiger partial charge >= 0.3 is 0 Å². The zero-order valence-corrected chi connectivity index (χ0v) is 20.9. The van der Waals surface area contributed by atoms with Gasteiger partial charge in [-0.3, -0.25) is 29.6 Å². The number of aliphatic imine (C=N–C) groups is 2. The van der Waals surface area contributed by atoms with Gasteiger partial charge in [0.1, 0.15) is 0 Å². The third kappa shape index (κ3) is 7.77. The average molecular weight is 544 g/mol. The van der Waals surface area contributed by atoms with Crippen LogP contribution in [0.4, 0.5) is 0 Å². The van der Waals surface area contributed by atoms with Gasteiger partial charge in [0, 0.05) is 36.3 Å². The van der Waals surface area contributed by atoms with Crippen molar-refractivity contribution in [1.82, 2.24) is 21.6 Å². The molecule has 0 saturated carbocycles. The molecule has 0 atom stereocenters. The van der Waals surface area contributed by atoms with E-state index in [0.29, 0.717) is 11.1 Å². The van der Waals surface area contributed by atoms with Crippen LogP contribution in [0.2, 0.25) is 0 Å². The molecule has 14 heteroatoms. The highest BCUT2D eigenvalue weighted by atomic mass is 16.5.